The molecule has 0 bridgehead atoms. The lowest BCUT2D eigenvalue weighted by molar-refractivity contribution is -0.121. The Morgan fingerprint density at radius 3 is 2.63 bits per heavy atom. The number of hydrogen-bond acceptors (Lipinski definition) is 4. The van der Waals surface area contributed by atoms with Crippen molar-refractivity contribution in [1.29, 1.82) is 0 Å². The quantitative estimate of drug-likeness (QED) is 0.290. The Balaban J connectivity index is 0.00000450. The fourth-order valence-corrected chi connectivity index (χ4v) is 2.41. The topological polar surface area (TPSA) is 87.6 Å². The minimum absolute atomic E-state index is 0. The van der Waals surface area contributed by atoms with Crippen LogP contribution in [0.2, 0.25) is 0 Å². The van der Waals surface area contributed by atoms with Gasteiger partial charge in [-0.25, -0.2) is 14.4 Å². The van der Waals surface area contributed by atoms with Crippen molar-refractivity contribution in [3.8, 4) is 11.6 Å². The highest BCUT2D eigenvalue weighted by atomic mass is 127. The second-order valence-electron chi connectivity index (χ2n) is 7.37. The van der Waals surface area contributed by atoms with Crippen LogP contribution >= 0.6 is 24.0 Å². The maximum Gasteiger partial charge on any atom is 0.239 e. The molecule has 164 valence electrons. The van der Waals surface area contributed by atoms with E-state index in [4.69, 9.17) is 4.74 Å². The smallest absolute Gasteiger partial charge is 0.239 e. The van der Waals surface area contributed by atoms with Crippen LogP contribution in [0, 0.1) is 5.82 Å². The number of nitrogens with one attached hydrogen (secondary N) is 3. The predicted molar refractivity (Wildman–Crippen MR) is 127 cm³/mol. The van der Waals surface area contributed by atoms with Crippen molar-refractivity contribution in [3.63, 3.8) is 0 Å². The van der Waals surface area contributed by atoms with E-state index in [1.165, 1.54) is 12.1 Å². The molecule has 0 radical (unpaired) electrons. The number of aliphatic imine (C=N–C) groups is 1. The van der Waals surface area contributed by atoms with Crippen LogP contribution in [-0.4, -0.2) is 35.5 Å². The fraction of sp³-hybridized carbons (Fsp3) is 0.381. The molecule has 0 saturated carbocycles. The molecule has 1 aromatic carbocycles. The van der Waals surface area contributed by atoms with Gasteiger partial charge in [0.1, 0.15) is 11.6 Å². The SMILES string of the molecule is CCNC(=NCc1cccnc1Oc1cccc(F)c1)NCC(=O)NC(C)(C)C.I. The van der Waals surface area contributed by atoms with Crippen LogP contribution in [0.3, 0.4) is 0 Å². The lowest BCUT2D eigenvalue weighted by Crippen LogP contribution is -2.48. The number of hydrogen-bond donors (Lipinski definition) is 3. The van der Waals surface area contributed by atoms with Gasteiger partial charge in [0.05, 0.1) is 13.1 Å². The number of aromatic nitrogens is 1. The molecule has 0 saturated heterocycles. The molecular formula is C21H29FIN5O2. The summed E-state index contributed by atoms with van der Waals surface area (Å²) in [5.41, 5.74) is 0.431. The number of guanidine groups is 1. The lowest BCUT2D eigenvalue weighted by Gasteiger charge is -2.21. The molecule has 0 aliphatic heterocycles. The summed E-state index contributed by atoms with van der Waals surface area (Å²) in [6, 6.07) is 9.48. The van der Waals surface area contributed by atoms with E-state index in [2.05, 4.69) is 25.9 Å². The molecule has 2 rings (SSSR count). The largest absolute Gasteiger partial charge is 0.439 e. The van der Waals surface area contributed by atoms with E-state index in [1.807, 2.05) is 33.8 Å². The molecule has 0 spiro atoms. The van der Waals surface area contributed by atoms with E-state index in [9.17, 15) is 9.18 Å². The highest BCUT2D eigenvalue weighted by molar-refractivity contribution is 14.0. The highest BCUT2D eigenvalue weighted by Crippen LogP contribution is 2.23. The number of nitrogens with zero attached hydrogens (tertiary/aromatic N) is 2. The van der Waals surface area contributed by atoms with Crippen molar-refractivity contribution < 1.29 is 13.9 Å². The first-order valence-electron chi connectivity index (χ1n) is 9.47. The molecule has 0 fully saturated rings. The van der Waals surface area contributed by atoms with E-state index in [1.54, 1.807) is 24.4 Å². The van der Waals surface area contributed by atoms with Crippen LogP contribution < -0.4 is 20.7 Å². The molecule has 30 heavy (non-hydrogen) atoms. The van der Waals surface area contributed by atoms with Crippen LogP contribution in [0.15, 0.2) is 47.6 Å². The van der Waals surface area contributed by atoms with Crippen molar-refractivity contribution in [3.05, 3.63) is 54.0 Å². The zero-order valence-corrected chi connectivity index (χ0v) is 20.0. The third-order valence-corrected chi connectivity index (χ3v) is 3.54. The maximum absolute atomic E-state index is 13.4. The monoisotopic (exact) mass is 529 g/mol. The number of halogens is 2. The summed E-state index contributed by atoms with van der Waals surface area (Å²) in [5, 5.41) is 8.99. The molecule has 1 heterocycles. The van der Waals surface area contributed by atoms with Crippen molar-refractivity contribution in [2.45, 2.75) is 39.8 Å². The Bertz CT molecular complexity index is 855. The molecule has 9 heteroatoms. The van der Waals surface area contributed by atoms with E-state index in [-0.39, 0.29) is 54.3 Å². The molecule has 1 aromatic heterocycles. The number of carbonyl (C=O) groups excluding carboxylic acids is 1. The van der Waals surface area contributed by atoms with E-state index in [0.717, 1.165) is 5.56 Å². The summed E-state index contributed by atoms with van der Waals surface area (Å²) in [6.45, 7) is 8.73. The van der Waals surface area contributed by atoms with Gasteiger partial charge in [-0.15, -0.1) is 24.0 Å². The molecule has 0 unspecified atom stereocenters. The number of carbonyl (C=O) groups is 1. The highest BCUT2D eigenvalue weighted by Gasteiger charge is 2.14. The fourth-order valence-electron chi connectivity index (χ4n) is 2.41. The molecular weight excluding hydrogens is 500 g/mol. The number of pyridine rings is 1. The zero-order chi connectivity index (χ0) is 21.3. The minimum Gasteiger partial charge on any atom is -0.439 e. The van der Waals surface area contributed by atoms with Gasteiger partial charge in [0.2, 0.25) is 11.8 Å². The Morgan fingerprint density at radius 2 is 1.97 bits per heavy atom. The average molecular weight is 529 g/mol. The molecule has 0 aliphatic rings. The Kier molecular flexibility index (Phi) is 10.5. The van der Waals surface area contributed by atoms with Gasteiger partial charge in [-0.1, -0.05) is 12.1 Å². The number of amides is 1. The first-order valence-corrected chi connectivity index (χ1v) is 9.47. The van der Waals surface area contributed by atoms with Crippen LogP contribution in [0.5, 0.6) is 11.6 Å². The van der Waals surface area contributed by atoms with Crippen molar-refractivity contribution >= 4 is 35.8 Å². The zero-order valence-electron chi connectivity index (χ0n) is 17.7. The first-order chi connectivity index (χ1) is 13.8. The second-order valence-corrected chi connectivity index (χ2v) is 7.37. The number of ether oxygens (including phenoxy) is 1. The molecule has 1 amide bonds. The van der Waals surface area contributed by atoms with Crippen molar-refractivity contribution in [1.82, 2.24) is 20.9 Å². The van der Waals surface area contributed by atoms with Crippen LogP contribution in [0.1, 0.15) is 33.3 Å². The summed E-state index contributed by atoms with van der Waals surface area (Å²) in [7, 11) is 0. The van der Waals surface area contributed by atoms with Gasteiger partial charge in [0, 0.05) is 29.9 Å². The Labute approximate surface area is 193 Å². The standard InChI is InChI=1S/C21H28FN5O2.HI/c1-5-23-20(26-14-18(28)27-21(2,3)4)25-13-15-8-7-11-24-19(15)29-17-10-6-9-16(22)12-17;/h6-12H,5,13-14H2,1-4H3,(H,27,28)(H2,23,25,26);1H. The molecule has 3 N–H and O–H groups in total. The lowest BCUT2D eigenvalue weighted by atomic mass is 10.1. The van der Waals surface area contributed by atoms with Gasteiger partial charge in [-0.2, -0.15) is 0 Å². The van der Waals surface area contributed by atoms with Gasteiger partial charge >= 0.3 is 0 Å². The average Bonchev–Trinajstić information content (AvgIpc) is 2.64. The van der Waals surface area contributed by atoms with Gasteiger partial charge in [0.15, 0.2) is 5.96 Å². The predicted octanol–water partition coefficient (Wildman–Crippen LogP) is 3.60. The van der Waals surface area contributed by atoms with Crippen molar-refractivity contribution in [2.75, 3.05) is 13.1 Å². The summed E-state index contributed by atoms with van der Waals surface area (Å²) < 4.78 is 19.1. The molecule has 7 nitrogen and oxygen atoms in total. The first kappa shape index (κ1) is 25.6. The third-order valence-electron chi connectivity index (χ3n) is 3.54. The van der Waals surface area contributed by atoms with E-state index >= 15 is 0 Å². The van der Waals surface area contributed by atoms with Gasteiger partial charge in [0.25, 0.3) is 0 Å². The van der Waals surface area contributed by atoms with E-state index < -0.39 is 0 Å². The van der Waals surface area contributed by atoms with Crippen molar-refractivity contribution in [2.24, 2.45) is 4.99 Å². The van der Waals surface area contributed by atoms with Crippen LogP contribution in [0.25, 0.3) is 0 Å². The minimum atomic E-state index is -0.384. The normalized spacial score (nSPS) is 11.3. The van der Waals surface area contributed by atoms with Crippen LogP contribution in [-0.2, 0) is 11.3 Å². The van der Waals surface area contributed by atoms with Gasteiger partial charge in [-0.3, -0.25) is 4.79 Å². The Morgan fingerprint density at radius 1 is 1.20 bits per heavy atom. The van der Waals surface area contributed by atoms with Crippen LogP contribution in [0.4, 0.5) is 4.39 Å². The molecule has 0 aliphatic carbocycles. The Hall–Kier alpha value is -2.43. The second kappa shape index (κ2) is 12.3. The van der Waals surface area contributed by atoms with Gasteiger partial charge < -0.3 is 20.7 Å². The summed E-state index contributed by atoms with van der Waals surface area (Å²) in [5.74, 6) is 0.697. The molecule has 2 aromatic rings. The third kappa shape index (κ3) is 9.38. The number of benzene rings is 1. The summed E-state index contributed by atoms with van der Waals surface area (Å²) in [4.78, 5) is 20.7. The maximum atomic E-state index is 13.4. The summed E-state index contributed by atoms with van der Waals surface area (Å²) >= 11 is 0. The molecule has 0 atom stereocenters. The summed E-state index contributed by atoms with van der Waals surface area (Å²) in [6.07, 6.45) is 1.60. The number of rotatable bonds is 7. The van der Waals surface area contributed by atoms with Gasteiger partial charge in [-0.05, 0) is 45.9 Å². The van der Waals surface area contributed by atoms with E-state index in [0.29, 0.717) is 24.1 Å².